The maximum absolute atomic E-state index is 13.1. The molecule has 1 atom stereocenters. The maximum atomic E-state index is 13.1. The van der Waals surface area contributed by atoms with Crippen LogP contribution >= 0.6 is 11.6 Å². The fraction of sp³-hybridized carbons (Fsp3) is 0.250. The van der Waals surface area contributed by atoms with Gasteiger partial charge in [-0.3, -0.25) is 4.98 Å². The van der Waals surface area contributed by atoms with Gasteiger partial charge in [0.1, 0.15) is 4.90 Å². The minimum absolute atomic E-state index is 0.0129. The van der Waals surface area contributed by atoms with Crippen molar-refractivity contribution in [1.29, 1.82) is 5.26 Å². The Labute approximate surface area is 145 Å². The summed E-state index contributed by atoms with van der Waals surface area (Å²) in [5.74, 6) is 0. The summed E-state index contributed by atoms with van der Waals surface area (Å²) in [4.78, 5) is 4.09. The number of nitrogens with one attached hydrogen (secondary N) is 1. The van der Waals surface area contributed by atoms with Gasteiger partial charge in [0.15, 0.2) is 0 Å². The van der Waals surface area contributed by atoms with Gasteiger partial charge in [0.25, 0.3) is 0 Å². The molecule has 1 aromatic heterocycles. The van der Waals surface area contributed by atoms with Crippen LogP contribution in [0, 0.1) is 11.3 Å². The number of nitrogens with zero attached hydrogens (tertiary/aromatic N) is 3. The lowest BCUT2D eigenvalue weighted by Gasteiger charge is -2.35. The molecule has 0 amide bonds. The van der Waals surface area contributed by atoms with E-state index in [1.807, 2.05) is 12.1 Å². The van der Waals surface area contributed by atoms with Gasteiger partial charge in [-0.15, -0.1) is 0 Å². The first-order valence-electron chi connectivity index (χ1n) is 7.36. The van der Waals surface area contributed by atoms with Crippen LogP contribution in [-0.2, 0) is 10.0 Å². The molecule has 1 aliphatic rings. The second kappa shape index (κ2) is 6.87. The van der Waals surface area contributed by atoms with Crippen molar-refractivity contribution in [2.45, 2.75) is 10.9 Å². The average Bonchev–Trinajstić information content (AvgIpc) is 2.62. The molecule has 2 aromatic rings. The number of aromatic nitrogens is 1. The van der Waals surface area contributed by atoms with E-state index in [1.54, 1.807) is 18.5 Å². The number of halogens is 1. The summed E-state index contributed by atoms with van der Waals surface area (Å²) in [6.45, 7) is 1.39. The Morgan fingerprint density at radius 2 is 2.21 bits per heavy atom. The lowest BCUT2D eigenvalue weighted by Crippen LogP contribution is -2.48. The Morgan fingerprint density at radius 3 is 2.88 bits per heavy atom. The quantitative estimate of drug-likeness (QED) is 0.901. The Balaban J connectivity index is 2.02. The molecule has 124 valence electrons. The van der Waals surface area contributed by atoms with Crippen molar-refractivity contribution in [3.8, 4) is 6.07 Å². The van der Waals surface area contributed by atoms with Crippen LogP contribution in [0.1, 0.15) is 17.2 Å². The highest BCUT2D eigenvalue weighted by molar-refractivity contribution is 7.89. The van der Waals surface area contributed by atoms with Gasteiger partial charge in [0.05, 0.1) is 22.7 Å². The molecule has 1 aromatic carbocycles. The zero-order valence-corrected chi connectivity index (χ0v) is 14.3. The number of sulfonamides is 1. The topological polar surface area (TPSA) is 86.1 Å². The predicted octanol–water partition coefficient (Wildman–Crippen LogP) is 1.94. The summed E-state index contributed by atoms with van der Waals surface area (Å²) < 4.78 is 27.6. The maximum Gasteiger partial charge on any atom is 0.245 e. The van der Waals surface area contributed by atoms with Crippen molar-refractivity contribution in [2.24, 2.45) is 0 Å². The number of hydrogen-bond donors (Lipinski definition) is 1. The molecule has 0 radical (unpaired) electrons. The van der Waals surface area contributed by atoms with Crippen LogP contribution in [0.4, 0.5) is 0 Å². The molecule has 3 rings (SSSR count). The molecule has 0 bridgehead atoms. The third kappa shape index (κ3) is 3.14. The zero-order chi connectivity index (χ0) is 17.2. The number of nitriles is 1. The molecular weight excluding hydrogens is 348 g/mol. The SMILES string of the molecule is N#Cc1ccc(S(=O)(=O)N2CCNC[C@H]2c2cccnc2)c(Cl)c1. The minimum Gasteiger partial charge on any atom is -0.313 e. The summed E-state index contributed by atoms with van der Waals surface area (Å²) in [6, 6.07) is 9.44. The number of benzene rings is 1. The van der Waals surface area contributed by atoms with Gasteiger partial charge in [-0.2, -0.15) is 9.57 Å². The molecule has 24 heavy (non-hydrogen) atoms. The minimum atomic E-state index is -3.79. The summed E-state index contributed by atoms with van der Waals surface area (Å²) in [5.41, 5.74) is 1.14. The van der Waals surface area contributed by atoms with Gasteiger partial charge < -0.3 is 5.32 Å². The van der Waals surface area contributed by atoms with E-state index in [1.165, 1.54) is 22.5 Å². The summed E-state index contributed by atoms with van der Waals surface area (Å²) in [5, 5.41) is 12.2. The van der Waals surface area contributed by atoms with E-state index >= 15 is 0 Å². The molecule has 0 saturated carbocycles. The Morgan fingerprint density at radius 1 is 1.38 bits per heavy atom. The molecule has 0 aliphatic carbocycles. The third-order valence-electron chi connectivity index (χ3n) is 3.91. The Hall–Kier alpha value is -1.98. The largest absolute Gasteiger partial charge is 0.313 e. The van der Waals surface area contributed by atoms with Crippen molar-refractivity contribution in [3.63, 3.8) is 0 Å². The van der Waals surface area contributed by atoms with Crippen LogP contribution in [-0.4, -0.2) is 37.3 Å². The number of rotatable bonds is 3. The number of pyridine rings is 1. The van der Waals surface area contributed by atoms with Gasteiger partial charge in [-0.05, 0) is 29.8 Å². The van der Waals surface area contributed by atoms with Crippen molar-refractivity contribution in [3.05, 3.63) is 58.9 Å². The lowest BCUT2D eigenvalue weighted by atomic mass is 10.1. The normalized spacial score (nSPS) is 18.9. The van der Waals surface area contributed by atoms with Crippen LogP contribution in [0.2, 0.25) is 5.02 Å². The summed E-state index contributed by atoms with van der Waals surface area (Å²) >= 11 is 6.12. The molecule has 1 N–H and O–H groups in total. The van der Waals surface area contributed by atoms with E-state index in [-0.39, 0.29) is 16.0 Å². The van der Waals surface area contributed by atoms with Gasteiger partial charge in [0, 0.05) is 32.0 Å². The van der Waals surface area contributed by atoms with Gasteiger partial charge in [-0.25, -0.2) is 8.42 Å². The van der Waals surface area contributed by atoms with E-state index in [2.05, 4.69) is 10.3 Å². The Kier molecular flexibility index (Phi) is 4.83. The molecule has 1 fully saturated rings. The molecule has 0 unspecified atom stereocenters. The van der Waals surface area contributed by atoms with Crippen molar-refractivity contribution in [2.75, 3.05) is 19.6 Å². The summed E-state index contributed by atoms with van der Waals surface area (Å²) in [7, 11) is -3.79. The van der Waals surface area contributed by atoms with Crippen molar-refractivity contribution >= 4 is 21.6 Å². The average molecular weight is 363 g/mol. The van der Waals surface area contributed by atoms with E-state index in [9.17, 15) is 8.42 Å². The Bertz CT molecular complexity index is 881. The van der Waals surface area contributed by atoms with Crippen LogP contribution in [0.5, 0.6) is 0 Å². The predicted molar refractivity (Wildman–Crippen MR) is 89.9 cm³/mol. The highest BCUT2D eigenvalue weighted by Gasteiger charge is 2.35. The van der Waals surface area contributed by atoms with E-state index in [0.717, 1.165) is 5.56 Å². The third-order valence-corrected chi connectivity index (χ3v) is 6.30. The lowest BCUT2D eigenvalue weighted by molar-refractivity contribution is 0.271. The van der Waals surface area contributed by atoms with Gasteiger partial charge in [-0.1, -0.05) is 17.7 Å². The summed E-state index contributed by atoms with van der Waals surface area (Å²) in [6.07, 6.45) is 3.32. The van der Waals surface area contributed by atoms with Crippen LogP contribution in [0.15, 0.2) is 47.6 Å². The molecule has 6 nitrogen and oxygen atoms in total. The molecule has 1 saturated heterocycles. The van der Waals surface area contributed by atoms with E-state index < -0.39 is 10.0 Å². The molecule has 0 spiro atoms. The van der Waals surface area contributed by atoms with E-state index in [0.29, 0.717) is 25.2 Å². The first kappa shape index (κ1) is 16.9. The van der Waals surface area contributed by atoms with Crippen LogP contribution < -0.4 is 5.32 Å². The zero-order valence-electron chi connectivity index (χ0n) is 12.7. The number of piperazine rings is 1. The fourth-order valence-electron chi connectivity index (χ4n) is 2.74. The molecular formula is C16H15ClN4O2S. The van der Waals surface area contributed by atoms with Crippen molar-refractivity contribution < 1.29 is 8.42 Å². The highest BCUT2D eigenvalue weighted by Crippen LogP contribution is 2.32. The highest BCUT2D eigenvalue weighted by atomic mass is 35.5. The van der Waals surface area contributed by atoms with Gasteiger partial charge in [0.2, 0.25) is 10.0 Å². The van der Waals surface area contributed by atoms with E-state index in [4.69, 9.17) is 16.9 Å². The second-order valence-electron chi connectivity index (χ2n) is 5.38. The molecule has 8 heteroatoms. The second-order valence-corrected chi connectivity index (χ2v) is 7.65. The monoisotopic (exact) mass is 362 g/mol. The van der Waals surface area contributed by atoms with Crippen LogP contribution in [0.3, 0.4) is 0 Å². The standard InChI is InChI=1S/C16H15ClN4O2S/c17-14-8-12(9-18)3-4-16(14)24(22,23)21-7-6-20-11-15(21)13-2-1-5-19-10-13/h1-5,8,10,15,20H,6-7,11H2/t15-/m0/s1. The first-order valence-corrected chi connectivity index (χ1v) is 9.18. The van der Waals surface area contributed by atoms with Crippen molar-refractivity contribution in [1.82, 2.24) is 14.6 Å². The smallest absolute Gasteiger partial charge is 0.245 e. The van der Waals surface area contributed by atoms with Crippen LogP contribution in [0.25, 0.3) is 0 Å². The molecule has 1 aliphatic heterocycles. The van der Waals surface area contributed by atoms with Gasteiger partial charge >= 0.3 is 0 Å². The number of hydrogen-bond acceptors (Lipinski definition) is 5. The molecule has 2 heterocycles. The fourth-order valence-corrected chi connectivity index (χ4v) is 4.87. The first-order chi connectivity index (χ1) is 11.5.